The van der Waals surface area contributed by atoms with E-state index in [-0.39, 0.29) is 16.4 Å². The minimum absolute atomic E-state index is 0.0135. The number of hydrogen-bond donors (Lipinski definition) is 1. The lowest BCUT2D eigenvalue weighted by atomic mass is 10.1. The number of nitrogens with one attached hydrogen (secondary N) is 1. The molecule has 0 unspecified atom stereocenters. The number of furan rings is 1. The van der Waals surface area contributed by atoms with E-state index in [4.69, 9.17) is 4.42 Å². The third-order valence-electron chi connectivity index (χ3n) is 6.61. The number of amides is 1. The van der Waals surface area contributed by atoms with Gasteiger partial charge in [0.15, 0.2) is 5.76 Å². The molecule has 2 aliphatic heterocycles. The molecular formula is C26H29N3O4S. The fourth-order valence-corrected chi connectivity index (χ4v) is 6.40. The number of hydrogen-bond acceptors (Lipinski definition) is 5. The Morgan fingerprint density at radius 3 is 2.47 bits per heavy atom. The van der Waals surface area contributed by atoms with Gasteiger partial charge in [-0.3, -0.25) is 4.79 Å². The molecule has 0 atom stereocenters. The normalized spacial score (nSPS) is 16.1. The van der Waals surface area contributed by atoms with Crippen LogP contribution in [-0.2, 0) is 29.5 Å². The second-order valence-electron chi connectivity index (χ2n) is 8.94. The van der Waals surface area contributed by atoms with Crippen LogP contribution in [0.5, 0.6) is 0 Å². The molecule has 7 nitrogen and oxygen atoms in total. The average Bonchev–Trinajstić information content (AvgIpc) is 3.59. The molecule has 0 radical (unpaired) electrons. The van der Waals surface area contributed by atoms with Gasteiger partial charge in [-0.2, -0.15) is 4.31 Å². The number of carbonyl (C=O) groups is 1. The van der Waals surface area contributed by atoms with E-state index in [9.17, 15) is 13.2 Å². The van der Waals surface area contributed by atoms with E-state index >= 15 is 0 Å². The van der Waals surface area contributed by atoms with Crippen molar-refractivity contribution in [1.29, 1.82) is 0 Å². The van der Waals surface area contributed by atoms with E-state index in [1.807, 2.05) is 12.1 Å². The Hall–Kier alpha value is -3.10. The van der Waals surface area contributed by atoms with Crippen LogP contribution >= 0.6 is 0 Å². The van der Waals surface area contributed by atoms with Crippen LogP contribution in [0.15, 0.2) is 63.9 Å². The summed E-state index contributed by atoms with van der Waals surface area (Å²) in [5.41, 5.74) is 4.88. The van der Waals surface area contributed by atoms with Crippen LogP contribution in [0.1, 0.15) is 45.8 Å². The quantitative estimate of drug-likeness (QED) is 0.556. The molecule has 0 spiro atoms. The molecule has 3 heterocycles. The van der Waals surface area contributed by atoms with Crippen molar-refractivity contribution < 1.29 is 17.6 Å². The monoisotopic (exact) mass is 479 g/mol. The van der Waals surface area contributed by atoms with Crippen LogP contribution in [0.4, 0.5) is 5.69 Å². The van der Waals surface area contributed by atoms with Crippen LogP contribution in [0.3, 0.4) is 0 Å². The molecule has 0 bridgehead atoms. The molecule has 1 fully saturated rings. The molecule has 1 N–H and O–H groups in total. The number of anilines is 1. The lowest BCUT2D eigenvalue weighted by Gasteiger charge is -2.19. The van der Waals surface area contributed by atoms with Crippen molar-refractivity contribution in [3.05, 3.63) is 82.8 Å². The smallest absolute Gasteiger partial charge is 0.287 e. The first kappa shape index (κ1) is 22.7. The number of fused-ring (bicyclic) bond motifs is 1. The first-order valence-electron chi connectivity index (χ1n) is 11.7. The van der Waals surface area contributed by atoms with E-state index in [0.717, 1.165) is 37.9 Å². The molecule has 1 aromatic heterocycles. The number of aryl methyl sites for hydroxylation is 1. The molecular weight excluding hydrogens is 450 g/mol. The number of sulfonamides is 1. The number of carbonyl (C=O) groups excluding carboxylic acids is 1. The van der Waals surface area contributed by atoms with Gasteiger partial charge in [-0.05, 0) is 48.9 Å². The standard InChI is InChI=1S/C26H29N3O4S/c1-19-25(34(31,32)29-13-4-5-14-29)16-24(33-19)26(30)27-17-20-8-10-21(11-9-20)18-28-15-12-22-6-2-3-7-23(22)28/h2-3,6-11,16H,4-5,12-15,17-18H2,1H3,(H,27,30). The number of nitrogens with zero attached hydrogens (tertiary/aromatic N) is 2. The van der Waals surface area contributed by atoms with Gasteiger partial charge >= 0.3 is 0 Å². The molecule has 0 aliphatic carbocycles. The molecule has 2 aliphatic rings. The highest BCUT2D eigenvalue weighted by atomic mass is 32.2. The Bertz CT molecular complexity index is 1290. The van der Waals surface area contributed by atoms with Gasteiger partial charge < -0.3 is 14.6 Å². The fourth-order valence-electron chi connectivity index (χ4n) is 4.72. The van der Waals surface area contributed by atoms with Crippen LogP contribution in [0.2, 0.25) is 0 Å². The van der Waals surface area contributed by atoms with Crippen LogP contribution in [-0.4, -0.2) is 38.3 Å². The highest BCUT2D eigenvalue weighted by Crippen LogP contribution is 2.29. The van der Waals surface area contributed by atoms with Crippen LogP contribution in [0, 0.1) is 6.92 Å². The molecule has 2 aromatic carbocycles. The van der Waals surface area contributed by atoms with Crippen molar-refractivity contribution >= 4 is 21.6 Å². The van der Waals surface area contributed by atoms with Gasteiger partial charge in [-0.1, -0.05) is 42.5 Å². The van der Waals surface area contributed by atoms with E-state index in [0.29, 0.717) is 19.6 Å². The van der Waals surface area contributed by atoms with Gasteiger partial charge in [0.2, 0.25) is 10.0 Å². The van der Waals surface area contributed by atoms with Crippen molar-refractivity contribution in [3.8, 4) is 0 Å². The summed E-state index contributed by atoms with van der Waals surface area (Å²) >= 11 is 0. The first-order chi connectivity index (χ1) is 16.4. The third-order valence-corrected chi connectivity index (χ3v) is 8.62. The predicted octanol–water partition coefficient (Wildman–Crippen LogP) is 3.87. The third kappa shape index (κ3) is 4.48. The molecule has 3 aromatic rings. The zero-order valence-electron chi connectivity index (χ0n) is 19.3. The highest BCUT2D eigenvalue weighted by molar-refractivity contribution is 7.89. The summed E-state index contributed by atoms with van der Waals surface area (Å²) in [7, 11) is -3.63. The van der Waals surface area contributed by atoms with Gasteiger partial charge in [0.05, 0.1) is 0 Å². The van der Waals surface area contributed by atoms with Gasteiger partial charge in [0.1, 0.15) is 10.7 Å². The highest BCUT2D eigenvalue weighted by Gasteiger charge is 2.31. The second-order valence-corrected chi connectivity index (χ2v) is 10.8. The Balaban J connectivity index is 1.19. The summed E-state index contributed by atoms with van der Waals surface area (Å²) in [6.07, 6.45) is 2.79. The Labute approximate surface area is 200 Å². The number of rotatable bonds is 7. The first-order valence-corrected chi connectivity index (χ1v) is 13.2. The summed E-state index contributed by atoms with van der Waals surface area (Å²) in [5, 5.41) is 2.83. The van der Waals surface area contributed by atoms with E-state index < -0.39 is 15.9 Å². The van der Waals surface area contributed by atoms with E-state index in [1.54, 1.807) is 6.92 Å². The predicted molar refractivity (Wildman–Crippen MR) is 130 cm³/mol. The largest absolute Gasteiger partial charge is 0.455 e. The zero-order chi connectivity index (χ0) is 23.7. The summed E-state index contributed by atoms with van der Waals surface area (Å²) in [4.78, 5) is 15.1. The van der Waals surface area contributed by atoms with Gasteiger partial charge in [0, 0.05) is 44.5 Å². The maximum Gasteiger partial charge on any atom is 0.287 e. The topological polar surface area (TPSA) is 82.9 Å². The maximum atomic E-state index is 12.8. The summed E-state index contributed by atoms with van der Waals surface area (Å²) in [6.45, 7) is 4.80. The zero-order valence-corrected chi connectivity index (χ0v) is 20.1. The summed E-state index contributed by atoms with van der Waals surface area (Å²) < 4.78 is 32.6. The SMILES string of the molecule is Cc1oc(C(=O)NCc2ccc(CN3CCc4ccccc43)cc2)cc1S(=O)(=O)N1CCCC1. The summed E-state index contributed by atoms with van der Waals surface area (Å²) in [6, 6.07) is 18.0. The van der Waals surface area contributed by atoms with Crippen LogP contribution < -0.4 is 10.2 Å². The fraction of sp³-hybridized carbons (Fsp3) is 0.346. The lowest BCUT2D eigenvalue weighted by Crippen LogP contribution is -2.28. The van der Waals surface area contributed by atoms with E-state index in [1.165, 1.54) is 27.2 Å². The van der Waals surface area contributed by atoms with Crippen molar-refractivity contribution in [3.63, 3.8) is 0 Å². The maximum absolute atomic E-state index is 12.8. The van der Waals surface area contributed by atoms with Crippen LogP contribution in [0.25, 0.3) is 0 Å². The van der Waals surface area contributed by atoms with Gasteiger partial charge in [-0.25, -0.2) is 8.42 Å². The molecule has 1 amide bonds. The lowest BCUT2D eigenvalue weighted by molar-refractivity contribution is 0.0922. The molecule has 178 valence electrons. The number of para-hydroxylation sites is 1. The van der Waals surface area contributed by atoms with E-state index in [2.05, 4.69) is 46.6 Å². The Morgan fingerprint density at radius 2 is 1.71 bits per heavy atom. The van der Waals surface area contributed by atoms with Gasteiger partial charge in [0.25, 0.3) is 5.91 Å². The van der Waals surface area contributed by atoms with Crippen molar-refractivity contribution in [2.75, 3.05) is 24.5 Å². The van der Waals surface area contributed by atoms with Crippen molar-refractivity contribution in [1.82, 2.24) is 9.62 Å². The number of benzene rings is 2. The Kier molecular flexibility index (Phi) is 6.18. The van der Waals surface area contributed by atoms with Crippen molar-refractivity contribution in [2.45, 2.75) is 44.2 Å². The molecule has 1 saturated heterocycles. The molecule has 34 heavy (non-hydrogen) atoms. The molecule has 5 rings (SSSR count). The molecule has 8 heteroatoms. The average molecular weight is 480 g/mol. The second kappa shape index (κ2) is 9.27. The van der Waals surface area contributed by atoms with Gasteiger partial charge in [-0.15, -0.1) is 0 Å². The van der Waals surface area contributed by atoms with Crippen molar-refractivity contribution in [2.24, 2.45) is 0 Å². The summed E-state index contributed by atoms with van der Waals surface area (Å²) in [5.74, 6) is -0.173. The Morgan fingerprint density at radius 1 is 1.00 bits per heavy atom. The minimum Gasteiger partial charge on any atom is -0.455 e. The minimum atomic E-state index is -3.63. The molecule has 0 saturated carbocycles.